The van der Waals surface area contributed by atoms with E-state index in [2.05, 4.69) is 10.0 Å². The number of hydrogen-bond acceptors (Lipinski definition) is 5. The summed E-state index contributed by atoms with van der Waals surface area (Å²) in [7, 11) is -1.51. The largest absolute Gasteiger partial charge is 0.390 e. The molecule has 0 heterocycles. The average Bonchev–Trinajstić information content (AvgIpc) is 2.84. The SMILES string of the molecule is CC(C)(C)[S@@](=O)Nc1c(NC2c3ccccc3CC2O)c(=O)c1=O. The first kappa shape index (κ1) is 16.9. The number of fused-ring (bicyclic) bond motifs is 1. The van der Waals surface area contributed by atoms with E-state index in [0.717, 1.165) is 11.1 Å². The van der Waals surface area contributed by atoms with Crippen LogP contribution in [0.2, 0.25) is 0 Å². The van der Waals surface area contributed by atoms with Gasteiger partial charge >= 0.3 is 0 Å². The number of aliphatic hydroxyl groups excluding tert-OH is 1. The summed E-state index contributed by atoms with van der Waals surface area (Å²) in [4.78, 5) is 23.7. The molecule has 0 fully saturated rings. The summed E-state index contributed by atoms with van der Waals surface area (Å²) in [6.07, 6.45) is -0.201. The van der Waals surface area contributed by atoms with Crippen LogP contribution in [0, 0.1) is 0 Å². The maximum Gasteiger partial charge on any atom is 0.254 e. The highest BCUT2D eigenvalue weighted by Crippen LogP contribution is 2.35. The van der Waals surface area contributed by atoms with Gasteiger partial charge in [0.05, 0.1) is 16.9 Å². The molecule has 0 radical (unpaired) electrons. The van der Waals surface area contributed by atoms with Gasteiger partial charge in [0.25, 0.3) is 10.9 Å². The van der Waals surface area contributed by atoms with Gasteiger partial charge in [-0.2, -0.15) is 0 Å². The molecular formula is C17H20N2O4S. The Morgan fingerprint density at radius 1 is 1.12 bits per heavy atom. The minimum absolute atomic E-state index is 0.0323. The van der Waals surface area contributed by atoms with Crippen LogP contribution in [0.25, 0.3) is 0 Å². The molecule has 128 valence electrons. The third-order valence-corrected chi connectivity index (χ3v) is 5.67. The van der Waals surface area contributed by atoms with E-state index in [4.69, 9.17) is 0 Å². The maximum atomic E-state index is 12.2. The van der Waals surface area contributed by atoms with Crippen molar-refractivity contribution < 1.29 is 9.32 Å². The second kappa shape index (κ2) is 5.82. The van der Waals surface area contributed by atoms with Gasteiger partial charge in [-0.3, -0.25) is 14.3 Å². The van der Waals surface area contributed by atoms with E-state index >= 15 is 0 Å². The highest BCUT2D eigenvalue weighted by molar-refractivity contribution is 7.87. The van der Waals surface area contributed by atoms with Crippen LogP contribution in [0.5, 0.6) is 0 Å². The van der Waals surface area contributed by atoms with Gasteiger partial charge in [-0.15, -0.1) is 0 Å². The zero-order valence-corrected chi connectivity index (χ0v) is 14.6. The highest BCUT2D eigenvalue weighted by atomic mass is 32.2. The molecule has 0 spiro atoms. The maximum absolute atomic E-state index is 12.2. The quantitative estimate of drug-likeness (QED) is 0.722. The van der Waals surface area contributed by atoms with E-state index in [1.807, 2.05) is 24.3 Å². The lowest BCUT2D eigenvalue weighted by Gasteiger charge is -2.24. The molecule has 2 unspecified atom stereocenters. The molecule has 0 aromatic heterocycles. The van der Waals surface area contributed by atoms with Crippen molar-refractivity contribution >= 4 is 22.4 Å². The Hall–Kier alpha value is -1.99. The van der Waals surface area contributed by atoms with Crippen molar-refractivity contribution in [3.8, 4) is 0 Å². The monoisotopic (exact) mass is 348 g/mol. The lowest BCUT2D eigenvalue weighted by molar-refractivity contribution is 0.166. The summed E-state index contributed by atoms with van der Waals surface area (Å²) in [6, 6.07) is 7.10. The van der Waals surface area contributed by atoms with Crippen LogP contribution in [0.1, 0.15) is 37.9 Å². The number of hydrogen-bond donors (Lipinski definition) is 3. The standard InChI is InChI=1S/C17H20N2O4S/c1-17(2,3)24(23)19-14-13(15(21)16(14)22)18-12-10-7-5-4-6-9(10)8-11(12)20/h4-7,11-12,18-20H,8H2,1-3H3/t11?,12?,24-/m1/s1. The van der Waals surface area contributed by atoms with Gasteiger partial charge < -0.3 is 10.4 Å². The first-order chi connectivity index (χ1) is 11.2. The number of aliphatic hydroxyl groups is 1. The first-order valence-electron chi connectivity index (χ1n) is 7.74. The molecule has 0 amide bonds. The molecule has 0 saturated carbocycles. The van der Waals surface area contributed by atoms with Crippen LogP contribution in [-0.2, 0) is 17.4 Å². The Morgan fingerprint density at radius 2 is 1.75 bits per heavy atom. The molecule has 2 aromatic rings. The van der Waals surface area contributed by atoms with E-state index in [1.165, 1.54) is 0 Å². The average molecular weight is 348 g/mol. The Bertz CT molecular complexity index is 878. The third-order valence-electron chi connectivity index (χ3n) is 4.17. The van der Waals surface area contributed by atoms with Gasteiger partial charge in [0.2, 0.25) is 0 Å². The fourth-order valence-corrected chi connectivity index (χ4v) is 3.46. The fourth-order valence-electron chi connectivity index (χ4n) is 2.78. The third kappa shape index (κ3) is 2.78. The number of nitrogens with one attached hydrogen (secondary N) is 2. The smallest absolute Gasteiger partial charge is 0.254 e. The van der Waals surface area contributed by atoms with E-state index < -0.39 is 38.7 Å². The predicted octanol–water partition coefficient (Wildman–Crippen LogP) is 1.23. The molecule has 0 aliphatic heterocycles. The van der Waals surface area contributed by atoms with Gasteiger partial charge in [0.1, 0.15) is 22.4 Å². The molecule has 3 atom stereocenters. The van der Waals surface area contributed by atoms with Crippen molar-refractivity contribution in [2.24, 2.45) is 0 Å². The first-order valence-corrected chi connectivity index (χ1v) is 8.89. The molecule has 3 N–H and O–H groups in total. The molecule has 0 saturated heterocycles. The molecule has 0 bridgehead atoms. The minimum atomic E-state index is -1.51. The molecule has 6 nitrogen and oxygen atoms in total. The summed E-state index contributed by atoms with van der Waals surface area (Å²) in [5.74, 6) is 0. The number of benzene rings is 1. The van der Waals surface area contributed by atoms with Crippen molar-refractivity contribution in [1.82, 2.24) is 0 Å². The normalized spacial score (nSPS) is 21.5. The van der Waals surface area contributed by atoms with Crippen LogP contribution in [-0.4, -0.2) is 20.2 Å². The topological polar surface area (TPSA) is 95.5 Å². The molecule has 3 rings (SSSR count). The summed E-state index contributed by atoms with van der Waals surface area (Å²) >= 11 is 0. The van der Waals surface area contributed by atoms with Crippen LogP contribution < -0.4 is 20.9 Å². The van der Waals surface area contributed by atoms with Crippen LogP contribution >= 0.6 is 0 Å². The summed E-state index contributed by atoms with van der Waals surface area (Å²) in [5, 5.41) is 13.2. The van der Waals surface area contributed by atoms with Crippen molar-refractivity contribution in [3.63, 3.8) is 0 Å². The lowest BCUT2D eigenvalue weighted by atomic mass is 10.1. The number of rotatable bonds is 4. The van der Waals surface area contributed by atoms with Crippen molar-refractivity contribution in [2.75, 3.05) is 10.0 Å². The van der Waals surface area contributed by atoms with E-state index in [-0.39, 0.29) is 11.4 Å². The second-order valence-electron chi connectivity index (χ2n) is 6.98. The van der Waals surface area contributed by atoms with Gasteiger partial charge in [-0.05, 0) is 31.9 Å². The Kier molecular flexibility index (Phi) is 4.09. The summed E-state index contributed by atoms with van der Waals surface area (Å²) < 4.78 is 14.3. The van der Waals surface area contributed by atoms with E-state index in [0.29, 0.717) is 6.42 Å². The molecule has 2 aromatic carbocycles. The zero-order chi connectivity index (χ0) is 17.6. The predicted molar refractivity (Wildman–Crippen MR) is 95.4 cm³/mol. The van der Waals surface area contributed by atoms with E-state index in [9.17, 15) is 18.9 Å². The lowest BCUT2D eigenvalue weighted by Crippen LogP contribution is -2.41. The van der Waals surface area contributed by atoms with Gasteiger partial charge in [0, 0.05) is 6.42 Å². The number of anilines is 2. The second-order valence-corrected chi connectivity index (χ2v) is 8.95. The Labute approximate surface area is 142 Å². The fraction of sp³-hybridized carbons (Fsp3) is 0.412. The minimum Gasteiger partial charge on any atom is -0.390 e. The highest BCUT2D eigenvalue weighted by Gasteiger charge is 2.34. The summed E-state index contributed by atoms with van der Waals surface area (Å²) in [6.45, 7) is 5.31. The Morgan fingerprint density at radius 3 is 2.42 bits per heavy atom. The zero-order valence-electron chi connectivity index (χ0n) is 13.8. The van der Waals surface area contributed by atoms with Gasteiger partial charge in [-0.1, -0.05) is 24.3 Å². The van der Waals surface area contributed by atoms with Crippen molar-refractivity contribution in [1.29, 1.82) is 0 Å². The van der Waals surface area contributed by atoms with Gasteiger partial charge in [0.15, 0.2) is 0 Å². The molecular weight excluding hydrogens is 328 g/mol. The molecule has 24 heavy (non-hydrogen) atoms. The van der Waals surface area contributed by atoms with Crippen LogP contribution in [0.4, 0.5) is 11.4 Å². The Balaban J connectivity index is 1.87. The molecule has 1 aliphatic carbocycles. The van der Waals surface area contributed by atoms with Crippen molar-refractivity contribution in [2.45, 2.75) is 44.1 Å². The summed E-state index contributed by atoms with van der Waals surface area (Å²) in [5.41, 5.74) is 0.703. The van der Waals surface area contributed by atoms with E-state index in [1.54, 1.807) is 20.8 Å². The van der Waals surface area contributed by atoms with Crippen LogP contribution in [0.15, 0.2) is 33.9 Å². The van der Waals surface area contributed by atoms with Gasteiger partial charge in [-0.25, -0.2) is 4.21 Å². The molecule has 7 heteroatoms. The van der Waals surface area contributed by atoms with Crippen molar-refractivity contribution in [3.05, 3.63) is 55.8 Å². The van der Waals surface area contributed by atoms with Crippen LogP contribution in [0.3, 0.4) is 0 Å². The molecule has 1 aliphatic rings.